The number of fused-ring (bicyclic) bond motifs is 1. The third-order valence-electron chi connectivity index (χ3n) is 3.22. The van der Waals surface area contributed by atoms with E-state index in [0.29, 0.717) is 29.0 Å². The third-order valence-corrected chi connectivity index (χ3v) is 3.22. The van der Waals surface area contributed by atoms with Crippen LogP contribution in [0.15, 0.2) is 24.3 Å². The highest BCUT2D eigenvalue weighted by Crippen LogP contribution is 2.26. The molecule has 0 saturated carbocycles. The quantitative estimate of drug-likeness (QED) is 0.596. The van der Waals surface area contributed by atoms with Crippen molar-refractivity contribution >= 4 is 29.0 Å². The largest absolute Gasteiger partial charge is 0.494 e. The lowest BCUT2D eigenvalue weighted by molar-refractivity contribution is -0.137. The number of aromatic nitrogens is 2. The molecular formula is C19H24N2O5. The van der Waals surface area contributed by atoms with Gasteiger partial charge in [-0.25, -0.2) is 9.59 Å². The van der Waals surface area contributed by atoms with Crippen molar-refractivity contribution in [2.45, 2.75) is 40.2 Å². The molecule has 7 heteroatoms. The van der Waals surface area contributed by atoms with Crippen molar-refractivity contribution < 1.29 is 23.8 Å². The van der Waals surface area contributed by atoms with Crippen LogP contribution in [-0.4, -0.2) is 40.7 Å². The monoisotopic (exact) mass is 360 g/mol. The van der Waals surface area contributed by atoms with E-state index < -0.39 is 17.7 Å². The van der Waals surface area contributed by atoms with E-state index >= 15 is 0 Å². The lowest BCUT2D eigenvalue weighted by atomic mass is 10.2. The number of ether oxygens (including phenoxy) is 3. The second-order valence-electron chi connectivity index (χ2n) is 6.47. The molecule has 2 rings (SSSR count). The van der Waals surface area contributed by atoms with Gasteiger partial charge in [-0.1, -0.05) is 0 Å². The molecule has 1 aromatic carbocycles. The van der Waals surface area contributed by atoms with Crippen molar-refractivity contribution in [2.75, 3.05) is 13.2 Å². The standard InChI is InChI=1S/C19H24N2O5/c1-6-24-13-8-10-16-14(12-13)15(9-11-17(22)25-7-2)20-21(16)18(23)26-19(3,4)5/h8-12H,6-7H2,1-5H3. The van der Waals surface area contributed by atoms with Crippen LogP contribution in [0.3, 0.4) is 0 Å². The van der Waals surface area contributed by atoms with Gasteiger partial charge in [-0.2, -0.15) is 9.78 Å². The van der Waals surface area contributed by atoms with Gasteiger partial charge in [-0.05, 0) is 58.9 Å². The zero-order chi connectivity index (χ0) is 19.3. The highest BCUT2D eigenvalue weighted by atomic mass is 16.6. The van der Waals surface area contributed by atoms with Crippen LogP contribution in [0.4, 0.5) is 4.79 Å². The minimum atomic E-state index is -0.651. The fourth-order valence-corrected chi connectivity index (χ4v) is 2.28. The number of esters is 1. The van der Waals surface area contributed by atoms with Crippen molar-refractivity contribution in [3.63, 3.8) is 0 Å². The Bertz CT molecular complexity index is 830. The van der Waals surface area contributed by atoms with E-state index in [0.717, 1.165) is 0 Å². The second-order valence-corrected chi connectivity index (χ2v) is 6.47. The molecule has 1 heterocycles. The summed E-state index contributed by atoms with van der Waals surface area (Å²) in [6, 6.07) is 5.27. The minimum Gasteiger partial charge on any atom is -0.494 e. The molecule has 0 atom stereocenters. The first kappa shape index (κ1) is 19.5. The van der Waals surface area contributed by atoms with Gasteiger partial charge in [-0.3, -0.25) is 0 Å². The summed E-state index contributed by atoms with van der Waals surface area (Å²) in [7, 11) is 0. The molecule has 0 unspecified atom stereocenters. The van der Waals surface area contributed by atoms with Crippen molar-refractivity contribution in [2.24, 2.45) is 0 Å². The summed E-state index contributed by atoms with van der Waals surface area (Å²) in [6.45, 7) is 9.76. The molecule has 1 aromatic heterocycles. The summed E-state index contributed by atoms with van der Waals surface area (Å²) in [6.07, 6.45) is 2.19. The highest BCUT2D eigenvalue weighted by molar-refractivity contribution is 5.96. The van der Waals surface area contributed by atoms with E-state index in [-0.39, 0.29) is 6.61 Å². The molecule has 0 aliphatic heterocycles. The van der Waals surface area contributed by atoms with Crippen molar-refractivity contribution in [1.29, 1.82) is 0 Å². The fraction of sp³-hybridized carbons (Fsp3) is 0.421. The molecule has 7 nitrogen and oxygen atoms in total. The topological polar surface area (TPSA) is 79.7 Å². The maximum atomic E-state index is 12.5. The Morgan fingerprint density at radius 1 is 1.19 bits per heavy atom. The van der Waals surface area contributed by atoms with Crippen LogP contribution < -0.4 is 4.74 Å². The Kier molecular flexibility index (Phi) is 6.02. The van der Waals surface area contributed by atoms with Crippen LogP contribution in [0.2, 0.25) is 0 Å². The Balaban J connectivity index is 2.49. The highest BCUT2D eigenvalue weighted by Gasteiger charge is 2.22. The van der Waals surface area contributed by atoms with Gasteiger partial charge in [0.15, 0.2) is 0 Å². The van der Waals surface area contributed by atoms with E-state index in [2.05, 4.69) is 5.10 Å². The molecule has 0 aliphatic carbocycles. The van der Waals surface area contributed by atoms with Gasteiger partial charge < -0.3 is 14.2 Å². The number of benzene rings is 1. The molecule has 2 aromatic rings. The molecule has 0 saturated heterocycles. The first-order chi connectivity index (χ1) is 12.2. The normalized spacial score (nSPS) is 11.7. The van der Waals surface area contributed by atoms with Crippen LogP contribution in [0.5, 0.6) is 5.75 Å². The smallest absolute Gasteiger partial charge is 0.435 e. The Morgan fingerprint density at radius 2 is 1.92 bits per heavy atom. The molecule has 0 aliphatic rings. The molecule has 0 spiro atoms. The van der Waals surface area contributed by atoms with Gasteiger partial charge in [0.1, 0.15) is 11.4 Å². The lowest BCUT2D eigenvalue weighted by Crippen LogP contribution is -2.27. The van der Waals surface area contributed by atoms with Crippen LogP contribution in [-0.2, 0) is 14.3 Å². The van der Waals surface area contributed by atoms with Crippen LogP contribution in [0, 0.1) is 0 Å². The zero-order valence-corrected chi connectivity index (χ0v) is 15.7. The van der Waals surface area contributed by atoms with E-state index in [1.807, 2.05) is 6.92 Å². The number of hydrogen-bond donors (Lipinski definition) is 0. The summed E-state index contributed by atoms with van der Waals surface area (Å²) < 4.78 is 17.0. The number of hydrogen-bond acceptors (Lipinski definition) is 6. The Labute approximate surface area is 152 Å². The van der Waals surface area contributed by atoms with Crippen LogP contribution in [0.1, 0.15) is 40.3 Å². The maximum absolute atomic E-state index is 12.5. The predicted molar refractivity (Wildman–Crippen MR) is 98.2 cm³/mol. The minimum absolute atomic E-state index is 0.282. The van der Waals surface area contributed by atoms with Gasteiger partial charge in [0.2, 0.25) is 0 Å². The molecular weight excluding hydrogens is 336 g/mol. The predicted octanol–water partition coefficient (Wildman–Crippen LogP) is 3.79. The number of nitrogens with zero attached hydrogens (tertiary/aromatic N) is 2. The summed E-state index contributed by atoms with van der Waals surface area (Å²) in [5, 5.41) is 4.97. The van der Waals surface area contributed by atoms with Crippen molar-refractivity contribution in [3.8, 4) is 5.75 Å². The van der Waals surface area contributed by atoms with Crippen LogP contribution >= 0.6 is 0 Å². The van der Waals surface area contributed by atoms with Gasteiger partial charge in [-0.15, -0.1) is 0 Å². The van der Waals surface area contributed by atoms with Crippen LogP contribution in [0.25, 0.3) is 17.0 Å². The summed E-state index contributed by atoms with van der Waals surface area (Å²) in [4.78, 5) is 24.1. The van der Waals surface area contributed by atoms with E-state index in [1.165, 1.54) is 16.8 Å². The summed E-state index contributed by atoms with van der Waals surface area (Å²) >= 11 is 0. The Morgan fingerprint density at radius 3 is 2.54 bits per heavy atom. The van der Waals surface area contributed by atoms with Gasteiger partial charge in [0, 0.05) is 11.5 Å². The lowest BCUT2D eigenvalue weighted by Gasteiger charge is -2.19. The van der Waals surface area contributed by atoms with Crippen molar-refractivity contribution in [1.82, 2.24) is 9.78 Å². The Hall–Kier alpha value is -2.83. The second kappa shape index (κ2) is 8.03. The summed E-state index contributed by atoms with van der Waals surface area (Å²) in [5.74, 6) is 0.169. The van der Waals surface area contributed by atoms with Gasteiger partial charge in [0.05, 0.1) is 24.4 Å². The molecule has 0 fully saturated rings. The SMILES string of the molecule is CCOC(=O)C=Cc1nn(C(=O)OC(C)(C)C)c2ccc(OCC)cc12. The molecule has 140 valence electrons. The van der Waals surface area contributed by atoms with E-state index in [4.69, 9.17) is 14.2 Å². The first-order valence-corrected chi connectivity index (χ1v) is 8.49. The fourth-order valence-electron chi connectivity index (χ4n) is 2.28. The molecule has 0 N–H and O–H groups in total. The molecule has 0 bridgehead atoms. The average Bonchev–Trinajstić information content (AvgIpc) is 2.90. The number of carbonyl (C=O) groups excluding carboxylic acids is 2. The molecule has 0 radical (unpaired) electrons. The van der Waals surface area contributed by atoms with Crippen molar-refractivity contribution in [3.05, 3.63) is 30.0 Å². The first-order valence-electron chi connectivity index (χ1n) is 8.49. The van der Waals surface area contributed by atoms with Gasteiger partial charge in [0.25, 0.3) is 0 Å². The average molecular weight is 360 g/mol. The van der Waals surface area contributed by atoms with E-state index in [1.54, 1.807) is 45.9 Å². The van der Waals surface area contributed by atoms with Gasteiger partial charge >= 0.3 is 12.1 Å². The maximum Gasteiger partial charge on any atom is 0.435 e. The zero-order valence-electron chi connectivity index (χ0n) is 15.7. The molecule has 0 amide bonds. The number of rotatable bonds is 5. The molecule has 26 heavy (non-hydrogen) atoms. The number of carbonyl (C=O) groups is 2. The summed E-state index contributed by atoms with van der Waals surface area (Å²) in [5.41, 5.74) is 0.355. The van der Waals surface area contributed by atoms with E-state index in [9.17, 15) is 9.59 Å². The third kappa shape index (κ3) is 4.84.